The summed E-state index contributed by atoms with van der Waals surface area (Å²) in [7, 11) is 1.78. The number of rotatable bonds is 3. The summed E-state index contributed by atoms with van der Waals surface area (Å²) in [5, 5.41) is 8.72. The van der Waals surface area contributed by atoms with Crippen molar-refractivity contribution in [1.82, 2.24) is 19.5 Å². The number of carbonyl (C=O) groups is 1. The zero-order valence-corrected chi connectivity index (χ0v) is 9.97. The van der Waals surface area contributed by atoms with Gasteiger partial charge in [-0.15, -0.1) is 0 Å². The van der Waals surface area contributed by atoms with Gasteiger partial charge in [-0.3, -0.25) is 9.59 Å². The minimum Gasteiger partial charge on any atom is -0.481 e. The number of nitrogens with one attached hydrogen (secondary N) is 1. The van der Waals surface area contributed by atoms with Crippen molar-refractivity contribution >= 4 is 5.97 Å². The largest absolute Gasteiger partial charge is 0.481 e. The van der Waals surface area contributed by atoms with Gasteiger partial charge in [-0.2, -0.15) is 0 Å². The summed E-state index contributed by atoms with van der Waals surface area (Å²) in [6, 6.07) is 0. The lowest BCUT2D eigenvalue weighted by molar-refractivity contribution is -0.136. The first-order valence-corrected chi connectivity index (χ1v) is 5.28. The molecule has 0 saturated carbocycles. The molecule has 0 aromatic carbocycles. The minimum atomic E-state index is -1.06. The van der Waals surface area contributed by atoms with E-state index in [2.05, 4.69) is 15.0 Å². The van der Waals surface area contributed by atoms with Gasteiger partial charge in [0.1, 0.15) is 0 Å². The van der Waals surface area contributed by atoms with Crippen LogP contribution in [0.5, 0.6) is 0 Å². The van der Waals surface area contributed by atoms with Crippen LogP contribution in [-0.4, -0.2) is 30.6 Å². The highest BCUT2D eigenvalue weighted by Crippen LogP contribution is 2.11. The second kappa shape index (κ2) is 4.44. The van der Waals surface area contributed by atoms with Gasteiger partial charge in [0.2, 0.25) is 0 Å². The van der Waals surface area contributed by atoms with Crippen LogP contribution >= 0.6 is 0 Å². The number of aromatic amines is 1. The Balaban J connectivity index is 2.53. The summed E-state index contributed by atoms with van der Waals surface area (Å²) in [6.45, 7) is 1.61. The van der Waals surface area contributed by atoms with E-state index in [4.69, 9.17) is 5.11 Å². The number of aryl methyl sites for hydroxylation is 2. The van der Waals surface area contributed by atoms with Crippen LogP contribution in [-0.2, 0) is 18.3 Å². The fourth-order valence-electron chi connectivity index (χ4n) is 1.67. The van der Waals surface area contributed by atoms with Gasteiger partial charge in [0, 0.05) is 30.7 Å². The maximum Gasteiger partial charge on any atom is 0.308 e. The van der Waals surface area contributed by atoms with Crippen molar-refractivity contribution in [3.05, 3.63) is 34.0 Å². The third-order valence-corrected chi connectivity index (χ3v) is 2.58. The number of imidazole rings is 1. The molecule has 0 radical (unpaired) electrons. The molecule has 0 atom stereocenters. The summed E-state index contributed by atoms with van der Waals surface area (Å²) in [5.41, 5.74) is 0.127. The number of H-pyrrole nitrogens is 1. The first kappa shape index (κ1) is 12.0. The lowest BCUT2D eigenvalue weighted by Crippen LogP contribution is -2.20. The van der Waals surface area contributed by atoms with Crippen molar-refractivity contribution in [2.75, 3.05) is 0 Å². The summed E-state index contributed by atoms with van der Waals surface area (Å²) in [5.74, 6) is -0.202. The third-order valence-electron chi connectivity index (χ3n) is 2.58. The van der Waals surface area contributed by atoms with E-state index in [0.29, 0.717) is 17.3 Å². The molecule has 2 N–H and O–H groups in total. The van der Waals surface area contributed by atoms with Crippen LogP contribution in [0, 0.1) is 6.92 Å². The standard InChI is InChI=1S/C11H12N4O3/c1-6-7(5-8(16)17)11(18)14-9(13-6)10-12-3-4-15(10)2/h3-4H,5H2,1-2H3,(H,16,17)(H,13,14,18). The second-order valence-corrected chi connectivity index (χ2v) is 3.91. The monoisotopic (exact) mass is 248 g/mol. The maximum atomic E-state index is 11.8. The van der Waals surface area contributed by atoms with Crippen LogP contribution in [0.2, 0.25) is 0 Å². The molecule has 7 heteroatoms. The number of hydrogen-bond acceptors (Lipinski definition) is 4. The van der Waals surface area contributed by atoms with Crippen LogP contribution in [0.3, 0.4) is 0 Å². The van der Waals surface area contributed by atoms with E-state index in [1.54, 1.807) is 30.9 Å². The van der Waals surface area contributed by atoms with Gasteiger partial charge in [0.15, 0.2) is 11.6 Å². The molecule has 0 unspecified atom stereocenters. The molecule has 2 aromatic rings. The Hall–Kier alpha value is -2.44. The molecule has 0 amide bonds. The first-order chi connectivity index (χ1) is 8.49. The number of hydrogen-bond donors (Lipinski definition) is 2. The van der Waals surface area contributed by atoms with E-state index < -0.39 is 11.5 Å². The Morgan fingerprint density at radius 1 is 1.56 bits per heavy atom. The second-order valence-electron chi connectivity index (χ2n) is 3.91. The van der Waals surface area contributed by atoms with E-state index in [0.717, 1.165) is 0 Å². The molecule has 0 bridgehead atoms. The van der Waals surface area contributed by atoms with Crippen LogP contribution in [0.25, 0.3) is 11.6 Å². The summed E-state index contributed by atoms with van der Waals surface area (Å²) in [4.78, 5) is 33.3. The molecule has 2 heterocycles. The smallest absolute Gasteiger partial charge is 0.308 e. The molecule has 18 heavy (non-hydrogen) atoms. The topological polar surface area (TPSA) is 101 Å². The molecule has 0 spiro atoms. The summed E-state index contributed by atoms with van der Waals surface area (Å²) >= 11 is 0. The lowest BCUT2D eigenvalue weighted by atomic mass is 10.2. The molecule has 0 aliphatic rings. The zero-order valence-electron chi connectivity index (χ0n) is 9.97. The van der Waals surface area contributed by atoms with E-state index in [-0.39, 0.29) is 12.0 Å². The van der Waals surface area contributed by atoms with E-state index in [9.17, 15) is 9.59 Å². The molecule has 7 nitrogen and oxygen atoms in total. The van der Waals surface area contributed by atoms with Crippen molar-refractivity contribution in [2.45, 2.75) is 13.3 Å². The molecule has 2 rings (SSSR count). The van der Waals surface area contributed by atoms with Crippen molar-refractivity contribution in [3.63, 3.8) is 0 Å². The maximum absolute atomic E-state index is 11.8. The van der Waals surface area contributed by atoms with Gasteiger partial charge in [0.25, 0.3) is 5.56 Å². The fourth-order valence-corrected chi connectivity index (χ4v) is 1.67. The molecule has 0 aliphatic heterocycles. The van der Waals surface area contributed by atoms with Crippen molar-refractivity contribution < 1.29 is 9.90 Å². The number of carboxylic acid groups (broad SMARTS) is 1. The van der Waals surface area contributed by atoms with E-state index in [1.807, 2.05) is 0 Å². The minimum absolute atomic E-state index is 0.167. The summed E-state index contributed by atoms with van der Waals surface area (Å²) in [6.07, 6.45) is 2.99. The Morgan fingerprint density at radius 2 is 2.28 bits per heavy atom. The van der Waals surface area contributed by atoms with Gasteiger partial charge < -0.3 is 14.7 Å². The molecule has 0 aliphatic carbocycles. The average molecular weight is 248 g/mol. The van der Waals surface area contributed by atoms with E-state index in [1.165, 1.54) is 0 Å². The van der Waals surface area contributed by atoms with Crippen molar-refractivity contribution in [1.29, 1.82) is 0 Å². The van der Waals surface area contributed by atoms with Crippen LogP contribution < -0.4 is 5.56 Å². The Kier molecular flexibility index (Phi) is 2.97. The summed E-state index contributed by atoms with van der Waals surface area (Å²) < 4.78 is 1.72. The van der Waals surface area contributed by atoms with Crippen molar-refractivity contribution in [2.24, 2.45) is 7.05 Å². The van der Waals surface area contributed by atoms with Gasteiger partial charge in [-0.1, -0.05) is 0 Å². The van der Waals surface area contributed by atoms with Gasteiger partial charge >= 0.3 is 5.97 Å². The number of carboxylic acids is 1. The quantitative estimate of drug-likeness (QED) is 0.802. The Labute approximate surface area is 102 Å². The van der Waals surface area contributed by atoms with Crippen LogP contribution in [0.4, 0.5) is 0 Å². The van der Waals surface area contributed by atoms with Crippen LogP contribution in [0.1, 0.15) is 11.3 Å². The predicted octanol–water partition coefficient (Wildman–Crippen LogP) is 0.106. The lowest BCUT2D eigenvalue weighted by Gasteiger charge is -2.05. The predicted molar refractivity (Wildman–Crippen MR) is 63.1 cm³/mol. The fraction of sp³-hybridized carbons (Fsp3) is 0.273. The Bertz CT molecular complexity index is 657. The average Bonchev–Trinajstić information content (AvgIpc) is 2.69. The number of aromatic nitrogens is 4. The molecule has 0 saturated heterocycles. The molecule has 2 aromatic heterocycles. The molecule has 94 valence electrons. The Morgan fingerprint density at radius 3 is 2.78 bits per heavy atom. The molecular weight excluding hydrogens is 236 g/mol. The number of nitrogens with zero attached hydrogens (tertiary/aromatic N) is 3. The highest BCUT2D eigenvalue weighted by molar-refractivity contribution is 5.70. The third kappa shape index (κ3) is 2.15. The molecular formula is C11H12N4O3. The van der Waals surface area contributed by atoms with Gasteiger partial charge in [-0.25, -0.2) is 9.97 Å². The normalized spacial score (nSPS) is 10.6. The first-order valence-electron chi connectivity index (χ1n) is 5.28. The molecule has 0 fully saturated rings. The van der Waals surface area contributed by atoms with Crippen LogP contribution in [0.15, 0.2) is 17.2 Å². The highest BCUT2D eigenvalue weighted by Gasteiger charge is 2.14. The van der Waals surface area contributed by atoms with E-state index >= 15 is 0 Å². The van der Waals surface area contributed by atoms with Crippen molar-refractivity contribution in [3.8, 4) is 11.6 Å². The highest BCUT2D eigenvalue weighted by atomic mass is 16.4. The van der Waals surface area contributed by atoms with Gasteiger partial charge in [-0.05, 0) is 6.92 Å². The zero-order chi connectivity index (χ0) is 13.3. The SMILES string of the molecule is Cc1nc(-c2nccn2C)[nH]c(=O)c1CC(=O)O. The number of aliphatic carboxylic acids is 1. The van der Waals surface area contributed by atoms with Gasteiger partial charge in [0.05, 0.1) is 6.42 Å².